The average molecular weight is 220 g/mol. The van der Waals surface area contributed by atoms with E-state index in [0.717, 1.165) is 5.56 Å². The van der Waals surface area contributed by atoms with Gasteiger partial charge < -0.3 is 5.32 Å². The third-order valence-electron chi connectivity index (χ3n) is 2.26. The lowest BCUT2D eigenvalue weighted by Crippen LogP contribution is -2.39. The molecule has 1 aromatic rings. The van der Waals surface area contributed by atoms with Crippen LogP contribution in [0.3, 0.4) is 0 Å². The number of amides is 2. The van der Waals surface area contributed by atoms with Gasteiger partial charge in [0.1, 0.15) is 11.9 Å². The molecule has 0 aromatic carbocycles. The Morgan fingerprint density at radius 1 is 1.62 bits per heavy atom. The number of aryl methyl sites for hydroxylation is 1. The fourth-order valence-corrected chi connectivity index (χ4v) is 1.43. The van der Waals surface area contributed by atoms with Gasteiger partial charge in [0, 0.05) is 6.20 Å². The van der Waals surface area contributed by atoms with Crippen LogP contribution in [0.1, 0.15) is 12.0 Å². The number of carbonyl (C=O) groups is 2. The summed E-state index contributed by atoms with van der Waals surface area (Å²) in [6.45, 7) is 1.91. The molecule has 1 saturated heterocycles. The van der Waals surface area contributed by atoms with Gasteiger partial charge in [-0.1, -0.05) is 0 Å². The molecule has 0 bridgehead atoms. The van der Waals surface area contributed by atoms with Crippen molar-refractivity contribution < 1.29 is 9.59 Å². The summed E-state index contributed by atoms with van der Waals surface area (Å²) < 4.78 is 0. The SMILES string of the molecule is Cc1ccnc(NC(=O)C2CC(=O)NN2)c1. The topological polar surface area (TPSA) is 83.1 Å². The molecule has 84 valence electrons. The third kappa shape index (κ3) is 2.34. The Hall–Kier alpha value is -1.95. The van der Waals surface area contributed by atoms with Crippen LogP contribution in [0, 0.1) is 6.92 Å². The number of rotatable bonds is 2. The van der Waals surface area contributed by atoms with Crippen molar-refractivity contribution in [3.63, 3.8) is 0 Å². The highest BCUT2D eigenvalue weighted by atomic mass is 16.2. The summed E-state index contributed by atoms with van der Waals surface area (Å²) in [6.07, 6.45) is 1.77. The lowest BCUT2D eigenvalue weighted by atomic mass is 10.2. The van der Waals surface area contributed by atoms with E-state index in [4.69, 9.17) is 0 Å². The summed E-state index contributed by atoms with van der Waals surface area (Å²) in [7, 11) is 0. The first-order valence-electron chi connectivity index (χ1n) is 4.93. The molecule has 1 fully saturated rings. The fourth-order valence-electron chi connectivity index (χ4n) is 1.43. The molecule has 2 heterocycles. The number of hydrogen-bond acceptors (Lipinski definition) is 4. The van der Waals surface area contributed by atoms with Crippen LogP contribution in [-0.4, -0.2) is 22.8 Å². The predicted octanol–water partition coefficient (Wildman–Crippen LogP) is -0.278. The van der Waals surface area contributed by atoms with Gasteiger partial charge in [-0.3, -0.25) is 15.0 Å². The number of anilines is 1. The molecule has 16 heavy (non-hydrogen) atoms. The van der Waals surface area contributed by atoms with Crippen LogP contribution in [0.2, 0.25) is 0 Å². The predicted molar refractivity (Wildman–Crippen MR) is 57.3 cm³/mol. The first-order chi connectivity index (χ1) is 7.65. The molecule has 2 rings (SSSR count). The number of nitrogens with one attached hydrogen (secondary N) is 3. The maximum atomic E-state index is 11.7. The van der Waals surface area contributed by atoms with E-state index in [9.17, 15) is 9.59 Å². The van der Waals surface area contributed by atoms with Crippen molar-refractivity contribution in [2.45, 2.75) is 19.4 Å². The number of hydrazine groups is 1. The Kier molecular flexibility index (Phi) is 2.82. The maximum Gasteiger partial charge on any atom is 0.245 e. The Labute approximate surface area is 92.4 Å². The van der Waals surface area contributed by atoms with Gasteiger partial charge in [0.15, 0.2) is 0 Å². The van der Waals surface area contributed by atoms with Crippen molar-refractivity contribution >= 4 is 17.6 Å². The second kappa shape index (κ2) is 4.28. The molecule has 6 nitrogen and oxygen atoms in total. The van der Waals surface area contributed by atoms with Crippen molar-refractivity contribution in [1.82, 2.24) is 15.8 Å². The number of carbonyl (C=O) groups excluding carboxylic acids is 2. The highest BCUT2D eigenvalue weighted by Crippen LogP contribution is 2.07. The summed E-state index contributed by atoms with van der Waals surface area (Å²) in [5, 5.41) is 2.64. The molecule has 0 saturated carbocycles. The van der Waals surface area contributed by atoms with Crippen molar-refractivity contribution in [1.29, 1.82) is 0 Å². The van der Waals surface area contributed by atoms with Gasteiger partial charge in [-0.2, -0.15) is 0 Å². The van der Waals surface area contributed by atoms with Crippen molar-refractivity contribution in [2.24, 2.45) is 0 Å². The molecule has 1 aliphatic heterocycles. The number of hydrogen-bond donors (Lipinski definition) is 3. The van der Waals surface area contributed by atoms with E-state index in [-0.39, 0.29) is 18.2 Å². The lowest BCUT2D eigenvalue weighted by Gasteiger charge is -2.09. The average Bonchev–Trinajstić information content (AvgIpc) is 2.65. The molecule has 0 radical (unpaired) electrons. The van der Waals surface area contributed by atoms with E-state index in [0.29, 0.717) is 5.82 Å². The van der Waals surface area contributed by atoms with Crippen molar-refractivity contribution in [3.05, 3.63) is 23.9 Å². The monoisotopic (exact) mass is 220 g/mol. The smallest absolute Gasteiger partial charge is 0.245 e. The molecule has 1 aliphatic rings. The zero-order valence-corrected chi connectivity index (χ0v) is 8.78. The van der Waals surface area contributed by atoms with Gasteiger partial charge in [-0.05, 0) is 24.6 Å². The zero-order valence-electron chi connectivity index (χ0n) is 8.78. The molecule has 1 unspecified atom stereocenters. The number of nitrogens with zero attached hydrogens (tertiary/aromatic N) is 1. The second-order valence-electron chi connectivity index (χ2n) is 3.66. The van der Waals surface area contributed by atoms with Gasteiger partial charge in [-0.15, -0.1) is 0 Å². The quantitative estimate of drug-likeness (QED) is 0.640. The largest absolute Gasteiger partial charge is 0.309 e. The van der Waals surface area contributed by atoms with Gasteiger partial charge in [0.2, 0.25) is 11.8 Å². The zero-order chi connectivity index (χ0) is 11.5. The van der Waals surface area contributed by atoms with E-state index < -0.39 is 6.04 Å². The van der Waals surface area contributed by atoms with Crippen LogP contribution in [-0.2, 0) is 9.59 Å². The Morgan fingerprint density at radius 3 is 3.06 bits per heavy atom. The summed E-state index contributed by atoms with van der Waals surface area (Å²) in [5.74, 6) is 0.0416. The summed E-state index contributed by atoms with van der Waals surface area (Å²) in [5.41, 5.74) is 5.99. The van der Waals surface area contributed by atoms with Crippen LogP contribution in [0.4, 0.5) is 5.82 Å². The fraction of sp³-hybridized carbons (Fsp3) is 0.300. The van der Waals surface area contributed by atoms with Crippen LogP contribution < -0.4 is 16.2 Å². The molecule has 3 N–H and O–H groups in total. The molecular formula is C10H12N4O2. The standard InChI is InChI=1S/C10H12N4O2/c1-6-2-3-11-8(4-6)12-10(16)7-5-9(15)14-13-7/h2-4,7,13H,5H2,1H3,(H,14,15)(H,11,12,16). The number of aromatic nitrogens is 1. The van der Waals surface area contributed by atoms with Crippen LogP contribution in [0.15, 0.2) is 18.3 Å². The molecule has 6 heteroatoms. The minimum absolute atomic E-state index is 0.150. The molecule has 0 spiro atoms. The summed E-state index contributed by atoms with van der Waals surface area (Å²) in [4.78, 5) is 26.6. The van der Waals surface area contributed by atoms with E-state index in [2.05, 4.69) is 21.2 Å². The van der Waals surface area contributed by atoms with E-state index in [1.54, 1.807) is 12.3 Å². The minimum Gasteiger partial charge on any atom is -0.309 e. The van der Waals surface area contributed by atoms with Crippen molar-refractivity contribution in [2.75, 3.05) is 5.32 Å². The second-order valence-corrected chi connectivity index (χ2v) is 3.66. The van der Waals surface area contributed by atoms with Crippen LogP contribution in [0.5, 0.6) is 0 Å². The lowest BCUT2D eigenvalue weighted by molar-refractivity contribution is -0.121. The molecule has 1 atom stereocenters. The van der Waals surface area contributed by atoms with Gasteiger partial charge in [-0.25, -0.2) is 10.4 Å². The van der Waals surface area contributed by atoms with E-state index in [1.807, 2.05) is 13.0 Å². The maximum absolute atomic E-state index is 11.7. The van der Waals surface area contributed by atoms with Gasteiger partial charge in [0.25, 0.3) is 0 Å². The molecule has 2 amide bonds. The normalized spacial score (nSPS) is 19.3. The van der Waals surface area contributed by atoms with Gasteiger partial charge in [0.05, 0.1) is 6.42 Å². The summed E-state index contributed by atoms with van der Waals surface area (Å²) in [6, 6.07) is 3.08. The molecule has 0 aliphatic carbocycles. The first-order valence-corrected chi connectivity index (χ1v) is 4.93. The van der Waals surface area contributed by atoms with E-state index in [1.165, 1.54) is 0 Å². The Bertz CT molecular complexity index is 433. The minimum atomic E-state index is -0.533. The third-order valence-corrected chi connectivity index (χ3v) is 2.26. The Morgan fingerprint density at radius 2 is 2.44 bits per heavy atom. The summed E-state index contributed by atoms with van der Waals surface area (Å²) >= 11 is 0. The van der Waals surface area contributed by atoms with Crippen molar-refractivity contribution in [3.8, 4) is 0 Å². The highest BCUT2D eigenvalue weighted by Gasteiger charge is 2.27. The van der Waals surface area contributed by atoms with E-state index >= 15 is 0 Å². The Balaban J connectivity index is 1.99. The number of pyridine rings is 1. The van der Waals surface area contributed by atoms with Gasteiger partial charge >= 0.3 is 0 Å². The van der Waals surface area contributed by atoms with Crippen LogP contribution in [0.25, 0.3) is 0 Å². The first kappa shape index (κ1) is 10.6. The molecular weight excluding hydrogens is 208 g/mol. The van der Waals surface area contributed by atoms with Crippen LogP contribution >= 0.6 is 0 Å². The molecule has 1 aromatic heterocycles. The highest BCUT2D eigenvalue weighted by molar-refractivity contribution is 5.98.